The fourth-order valence-corrected chi connectivity index (χ4v) is 5.05. The summed E-state index contributed by atoms with van der Waals surface area (Å²) in [6.45, 7) is 12.2. The topological polar surface area (TPSA) is 92.1 Å². The molecule has 0 aromatic carbocycles. The normalized spacial score (nSPS) is 11.2. The Labute approximate surface area is 282 Å². The molecule has 6 rings (SSSR count). The third-order valence-electron chi connectivity index (χ3n) is 7.37. The zero-order chi connectivity index (χ0) is 28.0. The quantitative estimate of drug-likeness (QED) is 0.286. The predicted molar refractivity (Wildman–Crippen MR) is 158 cm³/mol. The summed E-state index contributed by atoms with van der Waals surface area (Å²) in [6, 6.07) is 18.5. The molecule has 41 heavy (non-hydrogen) atoms. The van der Waals surface area contributed by atoms with E-state index in [0.717, 1.165) is 67.9 Å². The van der Waals surface area contributed by atoms with E-state index < -0.39 is 7.12 Å². The first-order valence-corrected chi connectivity index (χ1v) is 13.4. The molecular weight excluding hydrogens is 536 g/mol. The van der Waals surface area contributed by atoms with Gasteiger partial charge in [0, 0.05) is 52.4 Å². The van der Waals surface area contributed by atoms with Crippen molar-refractivity contribution in [2.45, 2.75) is 41.5 Å². The first kappa shape index (κ1) is 29.3. The van der Waals surface area contributed by atoms with Gasteiger partial charge in [0.15, 0.2) is 0 Å². The van der Waals surface area contributed by atoms with Crippen LogP contribution < -0.4 is 51.4 Å². The number of aromatic nitrogens is 9. The molecule has 0 saturated carbocycles. The van der Waals surface area contributed by atoms with Gasteiger partial charge >= 0.3 is 58.5 Å². The first-order chi connectivity index (χ1) is 19.3. The second kappa shape index (κ2) is 11.9. The Bertz CT molecular complexity index is 1590. The van der Waals surface area contributed by atoms with Crippen molar-refractivity contribution in [2.24, 2.45) is 0 Å². The zero-order valence-electron chi connectivity index (χ0n) is 24.7. The Kier molecular flexibility index (Phi) is 8.53. The summed E-state index contributed by atoms with van der Waals surface area (Å²) in [5, 5.41) is 15.3. The van der Waals surface area contributed by atoms with Crippen LogP contribution in [0.5, 0.6) is 0 Å². The molecule has 0 radical (unpaired) electrons. The van der Waals surface area contributed by atoms with Crippen LogP contribution in [0.3, 0.4) is 0 Å². The van der Waals surface area contributed by atoms with Gasteiger partial charge in [-0.1, -0.05) is 0 Å². The van der Waals surface area contributed by atoms with Crippen molar-refractivity contribution in [3.05, 3.63) is 107 Å². The third-order valence-corrected chi connectivity index (χ3v) is 7.37. The van der Waals surface area contributed by atoms with E-state index >= 15 is 0 Å². The van der Waals surface area contributed by atoms with Crippen molar-refractivity contribution in [1.82, 2.24) is 44.0 Å². The number of aryl methyl sites for hydroxylation is 6. The summed E-state index contributed by atoms with van der Waals surface area (Å²) in [4.78, 5) is 13.4. The van der Waals surface area contributed by atoms with Gasteiger partial charge in [-0.15, -0.1) is 0 Å². The van der Waals surface area contributed by atoms with E-state index in [-0.39, 0.29) is 51.4 Å². The summed E-state index contributed by atoms with van der Waals surface area (Å²) < 4.78 is 6.18. The van der Waals surface area contributed by atoms with Gasteiger partial charge in [0.25, 0.3) is 0 Å². The minimum atomic E-state index is -1.64. The van der Waals surface area contributed by atoms with Crippen LogP contribution in [0.2, 0.25) is 0 Å². The molecule has 0 N–H and O–H groups in total. The Morgan fingerprint density at radius 2 is 0.756 bits per heavy atom. The Morgan fingerprint density at radius 1 is 0.463 bits per heavy atom. The van der Waals surface area contributed by atoms with Gasteiger partial charge in [0.1, 0.15) is 0 Å². The Morgan fingerprint density at radius 3 is 1.00 bits per heavy atom. The van der Waals surface area contributed by atoms with Crippen molar-refractivity contribution in [1.29, 1.82) is 0 Å². The summed E-state index contributed by atoms with van der Waals surface area (Å²) in [7, 11) is -1.64. The van der Waals surface area contributed by atoms with Crippen LogP contribution in [0.4, 0.5) is 0 Å². The molecule has 0 aliphatic rings. The average molecular weight is 568 g/mol. The molecule has 0 atom stereocenters. The standard InChI is InChI=1S/C30H31BN9.K/c1-19-7-10-25(16-32-19)28-13-22(4)38(35-28)31(39-23(5)14-29(36-39)26-11-8-20(2)33-17-26)40-24(6)15-30(37-40)27-12-9-21(3)34-18-27;/h7-18,31H,1-6H3;/q-1;+1. The second-order valence-electron chi connectivity index (χ2n) is 10.5. The van der Waals surface area contributed by atoms with Crippen LogP contribution in [-0.2, 0) is 0 Å². The first-order valence-electron chi connectivity index (χ1n) is 13.4. The van der Waals surface area contributed by atoms with Crippen molar-refractivity contribution in [2.75, 3.05) is 0 Å². The predicted octanol–water partition coefficient (Wildman–Crippen LogP) is 1.98. The molecule has 11 heteroatoms. The second-order valence-corrected chi connectivity index (χ2v) is 10.5. The summed E-state index contributed by atoms with van der Waals surface area (Å²) in [5.41, 5.74) is 11.5. The molecule has 0 fully saturated rings. The van der Waals surface area contributed by atoms with Crippen molar-refractivity contribution in [3.63, 3.8) is 0 Å². The van der Waals surface area contributed by atoms with Gasteiger partial charge in [-0.3, -0.25) is 15.0 Å². The summed E-state index contributed by atoms with van der Waals surface area (Å²) in [6.07, 6.45) is 5.61. The minimum absolute atomic E-state index is 0. The van der Waals surface area contributed by atoms with E-state index in [4.69, 9.17) is 15.3 Å². The number of hydrogen-bond donors (Lipinski definition) is 0. The third kappa shape index (κ3) is 5.91. The smallest absolute Gasteiger partial charge is 0.400 e. The van der Waals surface area contributed by atoms with Crippen molar-refractivity contribution in [3.8, 4) is 33.8 Å². The maximum atomic E-state index is 5.10. The molecule has 0 aliphatic heterocycles. The minimum Gasteiger partial charge on any atom is -0.400 e. The van der Waals surface area contributed by atoms with Crippen LogP contribution in [0.15, 0.2) is 73.2 Å². The van der Waals surface area contributed by atoms with E-state index in [1.165, 1.54) is 0 Å². The maximum Gasteiger partial charge on any atom is 1.00 e. The molecule has 6 aromatic rings. The Balaban J connectivity index is 0.00000337. The van der Waals surface area contributed by atoms with Crippen molar-refractivity contribution >= 4 is 7.12 Å². The van der Waals surface area contributed by atoms with E-state index in [0.29, 0.717) is 0 Å². The molecule has 0 amide bonds. The van der Waals surface area contributed by atoms with Crippen LogP contribution in [0.25, 0.3) is 33.8 Å². The maximum absolute atomic E-state index is 5.10. The fourth-order valence-electron chi connectivity index (χ4n) is 5.05. The SMILES string of the molecule is Cc1ccc(-c2cc(C)n([BH-](n3nc(-c4ccc(C)nc4)cc3C)n3nc(-c4ccc(C)nc4)cc3C)n2)cn1.[K+]. The molecule has 0 aliphatic carbocycles. The fraction of sp³-hybridized carbons (Fsp3) is 0.200. The molecule has 6 aromatic heterocycles. The molecule has 9 nitrogen and oxygen atoms in total. The van der Waals surface area contributed by atoms with E-state index in [1.807, 2.05) is 57.6 Å². The molecule has 0 spiro atoms. The van der Waals surface area contributed by atoms with E-state index in [1.54, 1.807) is 0 Å². The largest absolute Gasteiger partial charge is 1.00 e. The molecule has 0 saturated heterocycles. The summed E-state index contributed by atoms with van der Waals surface area (Å²) >= 11 is 0. The van der Waals surface area contributed by atoms with Gasteiger partial charge in [-0.2, -0.15) is 0 Å². The zero-order valence-corrected chi connectivity index (χ0v) is 27.8. The molecule has 0 unspecified atom stereocenters. The molecule has 6 heterocycles. The van der Waals surface area contributed by atoms with E-state index in [9.17, 15) is 0 Å². The van der Waals surface area contributed by atoms with Crippen molar-refractivity contribution < 1.29 is 51.4 Å². The van der Waals surface area contributed by atoms with Gasteiger partial charge in [-0.25, -0.2) is 15.3 Å². The number of nitrogens with zero attached hydrogens (tertiary/aromatic N) is 9. The van der Waals surface area contributed by atoms with Gasteiger partial charge in [0.05, 0.1) is 17.1 Å². The van der Waals surface area contributed by atoms with Crippen LogP contribution in [0.1, 0.15) is 34.2 Å². The number of rotatable bonds is 6. The van der Waals surface area contributed by atoms with E-state index in [2.05, 4.69) is 85.9 Å². The monoisotopic (exact) mass is 567 g/mol. The van der Waals surface area contributed by atoms with Crippen LogP contribution >= 0.6 is 0 Å². The van der Waals surface area contributed by atoms with Gasteiger partial charge in [0.2, 0.25) is 0 Å². The molecule has 0 bridgehead atoms. The van der Waals surface area contributed by atoms with Gasteiger partial charge < -0.3 is 13.8 Å². The average Bonchev–Trinajstić information content (AvgIpc) is 3.63. The van der Waals surface area contributed by atoms with Crippen LogP contribution in [0, 0.1) is 41.5 Å². The molecule has 200 valence electrons. The Hall–Kier alpha value is -3.22. The summed E-state index contributed by atoms with van der Waals surface area (Å²) in [5.74, 6) is 0. The van der Waals surface area contributed by atoms with Crippen LogP contribution in [-0.4, -0.2) is 51.1 Å². The number of hydrogen-bond acceptors (Lipinski definition) is 6. The number of pyridine rings is 3. The van der Waals surface area contributed by atoms with Gasteiger partial charge in [-0.05, 0) is 113 Å². The molecular formula is C30H31BKN9.